The number of methoxy groups -OCH3 is 1. The van der Waals surface area contributed by atoms with E-state index in [1.165, 1.54) is 24.1 Å². The number of hydrogen-bond donors (Lipinski definition) is 1. The number of nitrogens with one attached hydrogen (secondary N) is 1. The molecule has 1 amide bonds. The van der Waals surface area contributed by atoms with E-state index in [2.05, 4.69) is 10.1 Å². The number of rotatable bonds is 2. The largest absolute Gasteiger partial charge is 0.465 e. The van der Waals surface area contributed by atoms with Crippen LogP contribution in [0.5, 0.6) is 0 Å². The van der Waals surface area contributed by atoms with E-state index in [0.29, 0.717) is 10.8 Å². The van der Waals surface area contributed by atoms with Crippen LogP contribution in [0.3, 0.4) is 0 Å². The lowest BCUT2D eigenvalue weighted by molar-refractivity contribution is -0.117. The van der Waals surface area contributed by atoms with Gasteiger partial charge in [-0.05, 0) is 37.3 Å². The van der Waals surface area contributed by atoms with Crippen LogP contribution in [0, 0.1) is 0 Å². The van der Waals surface area contributed by atoms with Gasteiger partial charge in [-0.3, -0.25) is 9.69 Å². The summed E-state index contributed by atoms with van der Waals surface area (Å²) >= 11 is 11.0. The fourth-order valence-electron chi connectivity index (χ4n) is 1.77. The average Bonchev–Trinajstić information content (AvgIpc) is 2.63. The van der Waals surface area contributed by atoms with Crippen LogP contribution >= 0.6 is 23.8 Å². The maximum atomic E-state index is 12.0. The van der Waals surface area contributed by atoms with Crippen LogP contribution in [0.2, 0.25) is 5.02 Å². The zero-order chi connectivity index (χ0) is 14.2. The van der Waals surface area contributed by atoms with Crippen LogP contribution in [0.15, 0.2) is 18.2 Å². The van der Waals surface area contributed by atoms with Gasteiger partial charge in [0.2, 0.25) is 0 Å². The molecular weight excluding hydrogens is 288 g/mol. The van der Waals surface area contributed by atoms with Crippen molar-refractivity contribution in [2.45, 2.75) is 13.0 Å². The number of benzene rings is 1. The van der Waals surface area contributed by atoms with Gasteiger partial charge in [-0.25, -0.2) is 4.79 Å². The van der Waals surface area contributed by atoms with Crippen molar-refractivity contribution in [3.63, 3.8) is 0 Å². The molecule has 1 atom stereocenters. The van der Waals surface area contributed by atoms with Gasteiger partial charge in [0, 0.05) is 0 Å². The van der Waals surface area contributed by atoms with E-state index in [1.807, 2.05) is 0 Å². The Morgan fingerprint density at radius 3 is 2.74 bits per heavy atom. The lowest BCUT2D eigenvalue weighted by atomic mass is 10.2. The molecule has 1 unspecified atom stereocenters. The standard InChI is InChI=1S/C12H11ClN2O3S/c1-6-10(16)15(12(19)14-6)7-3-4-9(13)8(5-7)11(17)18-2/h3-6H,1-2H3,(H,14,19). The smallest absolute Gasteiger partial charge is 0.339 e. The van der Waals surface area contributed by atoms with E-state index in [1.54, 1.807) is 13.0 Å². The second kappa shape index (κ2) is 5.14. The van der Waals surface area contributed by atoms with Crippen LogP contribution in [-0.2, 0) is 9.53 Å². The van der Waals surface area contributed by atoms with Crippen molar-refractivity contribution >= 4 is 46.5 Å². The molecule has 100 valence electrons. The quantitative estimate of drug-likeness (QED) is 0.666. The zero-order valence-corrected chi connectivity index (χ0v) is 11.8. The Bertz CT molecular complexity index is 576. The number of anilines is 1. The first-order valence-corrected chi connectivity index (χ1v) is 6.26. The summed E-state index contributed by atoms with van der Waals surface area (Å²) in [5, 5.41) is 3.41. The third-order valence-corrected chi connectivity index (χ3v) is 3.38. The highest BCUT2D eigenvalue weighted by Crippen LogP contribution is 2.26. The van der Waals surface area contributed by atoms with Gasteiger partial charge in [0.1, 0.15) is 6.04 Å². The molecule has 0 spiro atoms. The lowest BCUT2D eigenvalue weighted by Gasteiger charge is -2.16. The Kier molecular flexibility index (Phi) is 3.73. The molecule has 7 heteroatoms. The first kappa shape index (κ1) is 13.8. The van der Waals surface area contributed by atoms with Crippen molar-refractivity contribution in [2.75, 3.05) is 12.0 Å². The van der Waals surface area contributed by atoms with Crippen LogP contribution in [0.4, 0.5) is 5.69 Å². The summed E-state index contributed by atoms with van der Waals surface area (Å²) in [6.45, 7) is 1.71. The molecule has 1 saturated heterocycles. The van der Waals surface area contributed by atoms with E-state index in [9.17, 15) is 9.59 Å². The minimum atomic E-state index is -0.564. The van der Waals surface area contributed by atoms with Crippen molar-refractivity contribution in [1.82, 2.24) is 5.32 Å². The molecule has 0 radical (unpaired) electrons. The fourth-order valence-corrected chi connectivity index (χ4v) is 2.34. The highest BCUT2D eigenvalue weighted by molar-refractivity contribution is 7.80. The van der Waals surface area contributed by atoms with Gasteiger partial charge in [-0.15, -0.1) is 0 Å². The van der Waals surface area contributed by atoms with E-state index in [-0.39, 0.29) is 22.5 Å². The summed E-state index contributed by atoms with van der Waals surface area (Å²) in [5.74, 6) is -0.742. The summed E-state index contributed by atoms with van der Waals surface area (Å²) < 4.78 is 4.63. The predicted octanol–water partition coefficient (Wildman–Crippen LogP) is 1.74. The highest BCUT2D eigenvalue weighted by atomic mass is 35.5. The van der Waals surface area contributed by atoms with Gasteiger partial charge in [0.05, 0.1) is 23.4 Å². The SMILES string of the molecule is COC(=O)c1cc(N2C(=O)C(C)NC2=S)ccc1Cl. The molecule has 1 aliphatic rings. The van der Waals surface area contributed by atoms with E-state index in [4.69, 9.17) is 23.8 Å². The molecule has 0 saturated carbocycles. The molecule has 1 fully saturated rings. The molecule has 0 aliphatic carbocycles. The number of esters is 1. The number of thiocarbonyl (C=S) groups is 1. The maximum Gasteiger partial charge on any atom is 0.339 e. The van der Waals surface area contributed by atoms with Crippen LogP contribution in [0.1, 0.15) is 17.3 Å². The van der Waals surface area contributed by atoms with Crippen molar-refractivity contribution in [2.24, 2.45) is 0 Å². The van der Waals surface area contributed by atoms with E-state index < -0.39 is 5.97 Å². The Hall–Kier alpha value is -1.66. The summed E-state index contributed by atoms with van der Waals surface area (Å²) in [6.07, 6.45) is 0. The van der Waals surface area contributed by atoms with Gasteiger partial charge in [0.25, 0.3) is 5.91 Å². The Labute approximate surface area is 120 Å². The molecule has 1 aromatic carbocycles. The molecule has 1 N–H and O–H groups in total. The topological polar surface area (TPSA) is 58.6 Å². The number of carbonyl (C=O) groups is 2. The lowest BCUT2D eigenvalue weighted by Crippen LogP contribution is -2.30. The normalized spacial score (nSPS) is 18.5. The first-order chi connectivity index (χ1) is 8.95. The molecule has 0 bridgehead atoms. The molecule has 5 nitrogen and oxygen atoms in total. The van der Waals surface area contributed by atoms with Crippen molar-refractivity contribution < 1.29 is 14.3 Å². The van der Waals surface area contributed by atoms with Gasteiger partial charge in [-0.2, -0.15) is 0 Å². The molecule has 1 aromatic rings. The minimum absolute atomic E-state index is 0.178. The third-order valence-electron chi connectivity index (χ3n) is 2.75. The molecule has 19 heavy (non-hydrogen) atoms. The summed E-state index contributed by atoms with van der Waals surface area (Å²) in [4.78, 5) is 24.9. The van der Waals surface area contributed by atoms with Gasteiger partial charge < -0.3 is 10.1 Å². The van der Waals surface area contributed by atoms with Gasteiger partial charge in [0.15, 0.2) is 5.11 Å². The minimum Gasteiger partial charge on any atom is -0.465 e. The van der Waals surface area contributed by atoms with Gasteiger partial charge in [-0.1, -0.05) is 11.6 Å². The highest BCUT2D eigenvalue weighted by Gasteiger charge is 2.33. The van der Waals surface area contributed by atoms with Crippen LogP contribution in [-0.4, -0.2) is 30.1 Å². The predicted molar refractivity (Wildman–Crippen MR) is 75.5 cm³/mol. The molecule has 1 heterocycles. The Morgan fingerprint density at radius 1 is 1.53 bits per heavy atom. The van der Waals surface area contributed by atoms with Crippen LogP contribution in [0.25, 0.3) is 0 Å². The zero-order valence-electron chi connectivity index (χ0n) is 10.3. The number of hydrogen-bond acceptors (Lipinski definition) is 4. The first-order valence-electron chi connectivity index (χ1n) is 5.48. The maximum absolute atomic E-state index is 12.0. The summed E-state index contributed by atoms with van der Waals surface area (Å²) in [5.41, 5.74) is 0.675. The monoisotopic (exact) mass is 298 g/mol. The summed E-state index contributed by atoms with van der Waals surface area (Å²) in [6, 6.07) is 4.25. The van der Waals surface area contributed by atoms with Crippen molar-refractivity contribution in [1.29, 1.82) is 0 Å². The van der Waals surface area contributed by atoms with Gasteiger partial charge >= 0.3 is 5.97 Å². The molecule has 0 aromatic heterocycles. The average molecular weight is 299 g/mol. The Morgan fingerprint density at radius 2 is 2.21 bits per heavy atom. The van der Waals surface area contributed by atoms with E-state index >= 15 is 0 Å². The fraction of sp³-hybridized carbons (Fsp3) is 0.250. The molecule has 2 rings (SSSR count). The van der Waals surface area contributed by atoms with Crippen LogP contribution < -0.4 is 10.2 Å². The number of ether oxygens (including phenoxy) is 1. The number of carbonyl (C=O) groups excluding carboxylic acids is 2. The van der Waals surface area contributed by atoms with E-state index in [0.717, 1.165) is 0 Å². The van der Waals surface area contributed by atoms with Crippen molar-refractivity contribution in [3.8, 4) is 0 Å². The third kappa shape index (κ3) is 2.41. The second-order valence-corrected chi connectivity index (χ2v) is 4.79. The number of halogens is 1. The van der Waals surface area contributed by atoms with Crippen molar-refractivity contribution in [3.05, 3.63) is 28.8 Å². The Balaban J connectivity index is 2.44. The molecule has 1 aliphatic heterocycles. The number of amides is 1. The molecular formula is C12H11ClN2O3S. The number of nitrogens with zero attached hydrogens (tertiary/aromatic N) is 1. The summed E-state index contributed by atoms with van der Waals surface area (Å²) in [7, 11) is 1.26. The second-order valence-electron chi connectivity index (χ2n) is 4.00.